The molecule has 0 fully saturated rings. The molecule has 0 unspecified atom stereocenters. The van der Waals surface area contributed by atoms with E-state index in [2.05, 4.69) is 36.2 Å². The van der Waals surface area contributed by atoms with Crippen LogP contribution in [-0.4, -0.2) is 23.9 Å². The fourth-order valence-electron chi connectivity index (χ4n) is 2.53. The van der Waals surface area contributed by atoms with Crippen LogP contribution in [0.3, 0.4) is 0 Å². The number of hydrogen-bond donors (Lipinski definition) is 2. The normalized spacial score (nSPS) is 10.7. The first-order valence-corrected chi connectivity index (χ1v) is 8.07. The summed E-state index contributed by atoms with van der Waals surface area (Å²) in [6, 6.07) is 15.3. The average molecular weight is 311 g/mol. The molecule has 3 N–H and O–H groups in total. The lowest BCUT2D eigenvalue weighted by molar-refractivity contribution is 0.0951. The molecule has 1 amide bonds. The minimum Gasteiger partial charge on any atom is -0.399 e. The van der Waals surface area contributed by atoms with Gasteiger partial charge in [-0.2, -0.15) is 0 Å². The van der Waals surface area contributed by atoms with Crippen LogP contribution in [0.2, 0.25) is 0 Å². The molecule has 0 aliphatic heterocycles. The fraction of sp³-hybridized carbons (Fsp3) is 0.316. The predicted octanol–water partition coefficient (Wildman–Crippen LogP) is 3.04. The van der Waals surface area contributed by atoms with E-state index >= 15 is 0 Å². The van der Waals surface area contributed by atoms with Gasteiger partial charge in [0.2, 0.25) is 0 Å². The minimum absolute atomic E-state index is 0.102. The van der Waals surface area contributed by atoms with Crippen LogP contribution in [0.4, 0.5) is 5.69 Å². The third-order valence-electron chi connectivity index (χ3n) is 3.99. The number of nitrogen functional groups attached to an aromatic ring is 1. The molecule has 0 bridgehead atoms. The second kappa shape index (κ2) is 8.34. The van der Waals surface area contributed by atoms with Crippen molar-refractivity contribution in [3.63, 3.8) is 0 Å². The van der Waals surface area contributed by atoms with E-state index in [0.29, 0.717) is 17.8 Å². The van der Waals surface area contributed by atoms with Gasteiger partial charge in [0.1, 0.15) is 0 Å². The summed E-state index contributed by atoms with van der Waals surface area (Å²) in [5.41, 5.74) is 9.32. The van der Waals surface area contributed by atoms with Gasteiger partial charge >= 0.3 is 0 Å². The van der Waals surface area contributed by atoms with Gasteiger partial charge in [0.05, 0.1) is 0 Å². The Balaban J connectivity index is 2.04. The van der Waals surface area contributed by atoms with E-state index in [9.17, 15) is 4.79 Å². The van der Waals surface area contributed by atoms with Crippen molar-refractivity contribution in [1.29, 1.82) is 0 Å². The number of nitrogens with two attached hydrogens (primary N) is 1. The van der Waals surface area contributed by atoms with Crippen molar-refractivity contribution in [1.82, 2.24) is 10.2 Å². The average Bonchev–Trinajstić information content (AvgIpc) is 2.58. The lowest BCUT2D eigenvalue weighted by Crippen LogP contribution is -2.26. The second-order valence-electron chi connectivity index (χ2n) is 5.54. The molecule has 0 aromatic heterocycles. The van der Waals surface area contributed by atoms with Crippen LogP contribution in [0, 0.1) is 0 Å². The molecular weight excluding hydrogens is 286 g/mol. The van der Waals surface area contributed by atoms with Gasteiger partial charge in [-0.3, -0.25) is 9.69 Å². The number of benzene rings is 2. The molecule has 0 heterocycles. The van der Waals surface area contributed by atoms with Crippen molar-refractivity contribution < 1.29 is 4.79 Å². The highest BCUT2D eigenvalue weighted by Crippen LogP contribution is 2.12. The maximum Gasteiger partial charge on any atom is 0.251 e. The highest BCUT2D eigenvalue weighted by atomic mass is 16.1. The smallest absolute Gasteiger partial charge is 0.251 e. The lowest BCUT2D eigenvalue weighted by atomic mass is 10.1. The van der Waals surface area contributed by atoms with E-state index < -0.39 is 0 Å². The summed E-state index contributed by atoms with van der Waals surface area (Å²) in [6.45, 7) is 7.77. The summed E-state index contributed by atoms with van der Waals surface area (Å²) in [5, 5.41) is 2.98. The van der Waals surface area contributed by atoms with E-state index in [1.807, 2.05) is 12.1 Å². The third-order valence-corrected chi connectivity index (χ3v) is 3.99. The first-order chi connectivity index (χ1) is 11.1. The third kappa shape index (κ3) is 4.83. The van der Waals surface area contributed by atoms with Crippen LogP contribution in [0.15, 0.2) is 48.5 Å². The topological polar surface area (TPSA) is 58.4 Å². The Morgan fingerprint density at radius 3 is 2.39 bits per heavy atom. The Kier molecular flexibility index (Phi) is 6.18. The van der Waals surface area contributed by atoms with Gasteiger partial charge in [-0.05, 0) is 42.4 Å². The molecule has 0 spiro atoms. The number of nitrogens with zero attached hydrogens (tertiary/aromatic N) is 1. The molecule has 2 rings (SSSR count). The summed E-state index contributed by atoms with van der Waals surface area (Å²) in [4.78, 5) is 14.6. The first kappa shape index (κ1) is 17.0. The summed E-state index contributed by atoms with van der Waals surface area (Å²) < 4.78 is 0. The lowest BCUT2D eigenvalue weighted by Gasteiger charge is -2.20. The Labute approximate surface area is 138 Å². The van der Waals surface area contributed by atoms with Crippen molar-refractivity contribution in [2.24, 2.45) is 0 Å². The molecule has 23 heavy (non-hydrogen) atoms. The van der Waals surface area contributed by atoms with Crippen molar-refractivity contribution in [2.45, 2.75) is 26.9 Å². The quantitative estimate of drug-likeness (QED) is 0.773. The highest BCUT2D eigenvalue weighted by Gasteiger charge is 2.09. The summed E-state index contributed by atoms with van der Waals surface area (Å²) in [6.07, 6.45) is 0. The predicted molar refractivity (Wildman–Crippen MR) is 95.1 cm³/mol. The zero-order valence-corrected chi connectivity index (χ0v) is 13.9. The summed E-state index contributed by atoms with van der Waals surface area (Å²) >= 11 is 0. The maximum atomic E-state index is 12.2. The Bertz CT molecular complexity index is 651. The molecule has 2 aromatic rings. The number of hydrogen-bond acceptors (Lipinski definition) is 3. The van der Waals surface area contributed by atoms with E-state index in [1.165, 1.54) is 5.56 Å². The van der Waals surface area contributed by atoms with Crippen LogP contribution < -0.4 is 11.1 Å². The number of amides is 1. The van der Waals surface area contributed by atoms with Crippen molar-refractivity contribution in [3.05, 3.63) is 65.2 Å². The van der Waals surface area contributed by atoms with E-state index in [-0.39, 0.29) is 5.91 Å². The molecule has 122 valence electrons. The standard InChI is InChI=1S/C19H25N3O/c1-3-22(4-2)14-17-9-6-5-8-16(17)13-21-19(23)15-10-7-11-18(20)12-15/h5-12H,3-4,13-14,20H2,1-2H3,(H,21,23). The number of nitrogens with one attached hydrogen (secondary N) is 1. The Hall–Kier alpha value is -2.33. The SMILES string of the molecule is CCN(CC)Cc1ccccc1CNC(=O)c1cccc(N)c1. The van der Waals surface area contributed by atoms with Gasteiger partial charge in [0.15, 0.2) is 0 Å². The molecular formula is C19H25N3O. The van der Waals surface area contributed by atoms with Crippen LogP contribution in [0.5, 0.6) is 0 Å². The van der Waals surface area contributed by atoms with Gasteiger partial charge in [-0.1, -0.05) is 44.2 Å². The van der Waals surface area contributed by atoms with Gasteiger partial charge in [-0.15, -0.1) is 0 Å². The maximum absolute atomic E-state index is 12.2. The van der Waals surface area contributed by atoms with Crippen LogP contribution >= 0.6 is 0 Å². The minimum atomic E-state index is -0.102. The number of anilines is 1. The van der Waals surface area contributed by atoms with Crippen molar-refractivity contribution >= 4 is 11.6 Å². The molecule has 0 radical (unpaired) electrons. The fourth-order valence-corrected chi connectivity index (χ4v) is 2.53. The molecule has 4 heteroatoms. The van der Waals surface area contributed by atoms with Crippen LogP contribution in [0.1, 0.15) is 35.3 Å². The van der Waals surface area contributed by atoms with Crippen molar-refractivity contribution in [2.75, 3.05) is 18.8 Å². The molecule has 0 aliphatic carbocycles. The molecule has 2 aromatic carbocycles. The summed E-state index contributed by atoms with van der Waals surface area (Å²) in [5.74, 6) is -0.102. The number of carbonyl (C=O) groups is 1. The molecule has 0 atom stereocenters. The summed E-state index contributed by atoms with van der Waals surface area (Å²) in [7, 11) is 0. The van der Waals surface area contributed by atoms with Crippen molar-refractivity contribution in [3.8, 4) is 0 Å². The van der Waals surface area contributed by atoms with Crippen LogP contribution in [-0.2, 0) is 13.1 Å². The largest absolute Gasteiger partial charge is 0.399 e. The highest BCUT2D eigenvalue weighted by molar-refractivity contribution is 5.94. The molecule has 0 saturated heterocycles. The monoisotopic (exact) mass is 311 g/mol. The van der Waals surface area contributed by atoms with Gasteiger partial charge in [-0.25, -0.2) is 0 Å². The Morgan fingerprint density at radius 1 is 1.04 bits per heavy atom. The van der Waals surface area contributed by atoms with Gasteiger partial charge < -0.3 is 11.1 Å². The molecule has 0 aliphatic rings. The second-order valence-corrected chi connectivity index (χ2v) is 5.54. The van der Waals surface area contributed by atoms with E-state index in [0.717, 1.165) is 25.2 Å². The molecule has 0 saturated carbocycles. The Morgan fingerprint density at radius 2 is 1.74 bits per heavy atom. The zero-order chi connectivity index (χ0) is 16.7. The number of carbonyl (C=O) groups excluding carboxylic acids is 1. The van der Waals surface area contributed by atoms with Crippen LogP contribution in [0.25, 0.3) is 0 Å². The van der Waals surface area contributed by atoms with E-state index in [4.69, 9.17) is 5.73 Å². The van der Waals surface area contributed by atoms with Gasteiger partial charge in [0, 0.05) is 24.3 Å². The molecule has 4 nitrogen and oxygen atoms in total. The van der Waals surface area contributed by atoms with Gasteiger partial charge in [0.25, 0.3) is 5.91 Å². The zero-order valence-electron chi connectivity index (χ0n) is 13.9. The van der Waals surface area contributed by atoms with E-state index in [1.54, 1.807) is 24.3 Å². The first-order valence-electron chi connectivity index (χ1n) is 8.07. The number of rotatable bonds is 7.